The number of methoxy groups -OCH3 is 2. The zero-order valence-corrected chi connectivity index (χ0v) is 14.1. The highest BCUT2D eigenvalue weighted by atomic mass is 16.5. The van der Waals surface area contributed by atoms with Gasteiger partial charge >= 0.3 is 0 Å². The molecule has 2 rings (SSSR count). The monoisotopic (exact) mass is 313 g/mol. The van der Waals surface area contributed by atoms with Crippen LogP contribution in [-0.2, 0) is 17.8 Å². The summed E-state index contributed by atoms with van der Waals surface area (Å²) in [7, 11) is 3.19. The minimum atomic E-state index is -0.0131. The number of carbonyl (C=O) groups is 1. The van der Waals surface area contributed by atoms with E-state index in [0.717, 1.165) is 16.7 Å². The van der Waals surface area contributed by atoms with Crippen LogP contribution in [0.4, 0.5) is 0 Å². The minimum absolute atomic E-state index is 0.0131. The normalized spacial score (nSPS) is 10.3. The third-order valence-electron chi connectivity index (χ3n) is 3.80. The molecule has 0 aliphatic rings. The first-order chi connectivity index (χ1) is 11.0. The molecule has 0 atom stereocenters. The van der Waals surface area contributed by atoms with Gasteiger partial charge in [-0.25, -0.2) is 0 Å². The third-order valence-corrected chi connectivity index (χ3v) is 3.80. The summed E-state index contributed by atoms with van der Waals surface area (Å²) in [6.45, 7) is 4.54. The number of hydrogen-bond acceptors (Lipinski definition) is 3. The molecule has 0 aliphatic heterocycles. The standard InChI is InChI=1S/C19H23NO3/c1-13-5-7-15(8-6-13)12-20-19(21)11-16-10-18(23-4)17(22-3)9-14(16)2/h5-10H,11-12H2,1-4H3,(H,20,21). The first-order valence-electron chi connectivity index (χ1n) is 7.57. The van der Waals surface area contributed by atoms with Gasteiger partial charge in [0.1, 0.15) is 0 Å². The molecule has 1 N–H and O–H groups in total. The van der Waals surface area contributed by atoms with Crippen molar-refractivity contribution in [3.8, 4) is 11.5 Å². The molecule has 0 radical (unpaired) electrons. The molecule has 0 saturated heterocycles. The Balaban J connectivity index is 2.01. The minimum Gasteiger partial charge on any atom is -0.493 e. The lowest BCUT2D eigenvalue weighted by Crippen LogP contribution is -2.24. The number of hydrogen-bond donors (Lipinski definition) is 1. The largest absolute Gasteiger partial charge is 0.493 e. The number of carbonyl (C=O) groups excluding carboxylic acids is 1. The van der Waals surface area contributed by atoms with E-state index in [1.54, 1.807) is 14.2 Å². The lowest BCUT2D eigenvalue weighted by Gasteiger charge is -2.13. The average Bonchev–Trinajstić information content (AvgIpc) is 2.55. The van der Waals surface area contributed by atoms with E-state index in [0.29, 0.717) is 24.5 Å². The highest BCUT2D eigenvalue weighted by Gasteiger charge is 2.11. The fraction of sp³-hybridized carbons (Fsp3) is 0.316. The maximum atomic E-state index is 12.2. The molecule has 4 nitrogen and oxygen atoms in total. The van der Waals surface area contributed by atoms with E-state index in [1.165, 1.54) is 5.56 Å². The topological polar surface area (TPSA) is 47.6 Å². The molecule has 1 amide bonds. The summed E-state index contributed by atoms with van der Waals surface area (Å²) < 4.78 is 10.6. The zero-order chi connectivity index (χ0) is 16.8. The Morgan fingerprint density at radius 2 is 1.61 bits per heavy atom. The van der Waals surface area contributed by atoms with Crippen LogP contribution < -0.4 is 14.8 Å². The van der Waals surface area contributed by atoms with Crippen LogP contribution in [0.25, 0.3) is 0 Å². The molecule has 0 bridgehead atoms. The third kappa shape index (κ3) is 4.49. The molecule has 4 heteroatoms. The Hall–Kier alpha value is -2.49. The number of benzene rings is 2. The highest BCUT2D eigenvalue weighted by molar-refractivity contribution is 5.79. The number of ether oxygens (including phenoxy) is 2. The van der Waals surface area contributed by atoms with Crippen LogP contribution in [0.1, 0.15) is 22.3 Å². The van der Waals surface area contributed by atoms with Crippen molar-refractivity contribution >= 4 is 5.91 Å². The van der Waals surface area contributed by atoms with Crippen molar-refractivity contribution < 1.29 is 14.3 Å². The Morgan fingerprint density at radius 1 is 1.00 bits per heavy atom. The molecule has 23 heavy (non-hydrogen) atoms. The summed E-state index contributed by atoms with van der Waals surface area (Å²) in [6.07, 6.45) is 0.318. The molecule has 0 aromatic heterocycles. The molecule has 0 aliphatic carbocycles. The van der Waals surface area contributed by atoms with Crippen LogP contribution in [0.5, 0.6) is 11.5 Å². The Kier molecular flexibility index (Phi) is 5.63. The Morgan fingerprint density at radius 3 is 2.22 bits per heavy atom. The van der Waals surface area contributed by atoms with Gasteiger partial charge in [-0.3, -0.25) is 4.79 Å². The van der Waals surface area contributed by atoms with Crippen molar-refractivity contribution in [1.29, 1.82) is 0 Å². The second-order valence-electron chi connectivity index (χ2n) is 5.57. The predicted molar refractivity (Wildman–Crippen MR) is 91.0 cm³/mol. The van der Waals surface area contributed by atoms with E-state index >= 15 is 0 Å². The van der Waals surface area contributed by atoms with Crippen LogP contribution in [0.15, 0.2) is 36.4 Å². The van der Waals surface area contributed by atoms with Crippen LogP contribution in [-0.4, -0.2) is 20.1 Å². The van der Waals surface area contributed by atoms with Crippen LogP contribution in [0.3, 0.4) is 0 Å². The molecule has 0 heterocycles. The predicted octanol–water partition coefficient (Wildman–Crippen LogP) is 3.18. The highest BCUT2D eigenvalue weighted by Crippen LogP contribution is 2.30. The summed E-state index contributed by atoms with van der Waals surface area (Å²) >= 11 is 0. The Bertz CT molecular complexity index is 678. The smallest absolute Gasteiger partial charge is 0.224 e. The van der Waals surface area contributed by atoms with E-state index < -0.39 is 0 Å². The molecular formula is C19H23NO3. The first kappa shape index (κ1) is 16.9. The molecule has 2 aromatic rings. The van der Waals surface area contributed by atoms with Crippen LogP contribution >= 0.6 is 0 Å². The van der Waals surface area contributed by atoms with Gasteiger partial charge in [-0.15, -0.1) is 0 Å². The van der Waals surface area contributed by atoms with Gasteiger partial charge in [0.2, 0.25) is 5.91 Å². The number of aryl methyl sites for hydroxylation is 2. The molecular weight excluding hydrogens is 290 g/mol. The van der Waals surface area contributed by atoms with Crippen LogP contribution in [0.2, 0.25) is 0 Å². The van der Waals surface area contributed by atoms with Gasteiger partial charge in [0.15, 0.2) is 11.5 Å². The van der Waals surface area contributed by atoms with Crippen molar-refractivity contribution in [3.63, 3.8) is 0 Å². The molecule has 122 valence electrons. The maximum Gasteiger partial charge on any atom is 0.224 e. The first-order valence-corrected chi connectivity index (χ1v) is 7.57. The van der Waals surface area contributed by atoms with Gasteiger partial charge in [0.05, 0.1) is 20.6 Å². The van der Waals surface area contributed by atoms with Crippen molar-refractivity contribution in [2.24, 2.45) is 0 Å². The van der Waals surface area contributed by atoms with Crippen molar-refractivity contribution in [2.75, 3.05) is 14.2 Å². The van der Waals surface area contributed by atoms with Crippen LogP contribution in [0, 0.1) is 13.8 Å². The summed E-state index contributed by atoms with van der Waals surface area (Å²) in [5.74, 6) is 1.30. The van der Waals surface area contributed by atoms with Crippen molar-refractivity contribution in [2.45, 2.75) is 26.8 Å². The SMILES string of the molecule is COc1cc(C)c(CC(=O)NCc2ccc(C)cc2)cc1OC. The van der Waals surface area contributed by atoms with Gasteiger partial charge in [0, 0.05) is 6.54 Å². The van der Waals surface area contributed by atoms with E-state index in [-0.39, 0.29) is 5.91 Å². The second-order valence-corrected chi connectivity index (χ2v) is 5.57. The van der Waals surface area contributed by atoms with Crippen molar-refractivity contribution in [3.05, 3.63) is 58.7 Å². The van der Waals surface area contributed by atoms with Gasteiger partial charge in [-0.2, -0.15) is 0 Å². The number of nitrogens with one attached hydrogen (secondary N) is 1. The zero-order valence-electron chi connectivity index (χ0n) is 14.1. The quantitative estimate of drug-likeness (QED) is 0.891. The summed E-state index contributed by atoms with van der Waals surface area (Å²) in [5.41, 5.74) is 4.24. The van der Waals surface area contributed by atoms with E-state index in [4.69, 9.17) is 9.47 Å². The average molecular weight is 313 g/mol. The molecule has 0 unspecified atom stereocenters. The summed E-state index contributed by atoms with van der Waals surface area (Å²) in [6, 6.07) is 11.9. The maximum absolute atomic E-state index is 12.2. The summed E-state index contributed by atoms with van der Waals surface area (Å²) in [4.78, 5) is 12.2. The lowest BCUT2D eigenvalue weighted by atomic mass is 10.0. The van der Waals surface area contributed by atoms with Gasteiger partial charge < -0.3 is 14.8 Å². The van der Waals surface area contributed by atoms with Gasteiger partial charge in [-0.1, -0.05) is 29.8 Å². The second kappa shape index (κ2) is 7.68. The molecule has 0 saturated carbocycles. The van der Waals surface area contributed by atoms with E-state index in [2.05, 4.69) is 5.32 Å². The fourth-order valence-corrected chi connectivity index (χ4v) is 2.36. The Labute approximate surface area is 137 Å². The van der Waals surface area contributed by atoms with Crippen molar-refractivity contribution in [1.82, 2.24) is 5.32 Å². The molecule has 2 aromatic carbocycles. The van der Waals surface area contributed by atoms with Gasteiger partial charge in [0.25, 0.3) is 0 Å². The summed E-state index contributed by atoms with van der Waals surface area (Å²) in [5, 5.41) is 2.95. The molecule has 0 spiro atoms. The van der Waals surface area contributed by atoms with Gasteiger partial charge in [-0.05, 0) is 42.7 Å². The van der Waals surface area contributed by atoms with E-state index in [1.807, 2.05) is 50.2 Å². The molecule has 0 fully saturated rings. The number of rotatable bonds is 6. The number of amides is 1. The fourth-order valence-electron chi connectivity index (χ4n) is 2.36. The van der Waals surface area contributed by atoms with E-state index in [9.17, 15) is 4.79 Å². The lowest BCUT2D eigenvalue weighted by molar-refractivity contribution is -0.120.